The molecular weight excluding hydrogens is 322 g/mol. The van der Waals surface area contributed by atoms with Gasteiger partial charge in [0.2, 0.25) is 5.89 Å². The second-order valence-corrected chi connectivity index (χ2v) is 5.62. The maximum Gasteiger partial charge on any atom is 0.253 e. The third-order valence-electron chi connectivity index (χ3n) is 3.95. The number of pyridine rings is 2. The summed E-state index contributed by atoms with van der Waals surface area (Å²) in [6.45, 7) is 3.21. The quantitative estimate of drug-likeness (QED) is 0.767. The molecule has 4 rings (SSSR count). The van der Waals surface area contributed by atoms with Crippen LogP contribution in [0.5, 0.6) is 0 Å². The first-order valence-corrected chi connectivity index (χ1v) is 8.07. The van der Waals surface area contributed by atoms with Crippen molar-refractivity contribution in [2.45, 2.75) is 6.54 Å². The minimum absolute atomic E-state index is 0.195. The summed E-state index contributed by atoms with van der Waals surface area (Å²) in [7, 11) is 0. The van der Waals surface area contributed by atoms with Crippen LogP contribution >= 0.6 is 0 Å². The van der Waals surface area contributed by atoms with Gasteiger partial charge in [0.1, 0.15) is 5.82 Å². The van der Waals surface area contributed by atoms with Gasteiger partial charge in [-0.2, -0.15) is 4.98 Å². The third-order valence-corrected chi connectivity index (χ3v) is 3.95. The van der Waals surface area contributed by atoms with E-state index in [1.165, 1.54) is 0 Å². The van der Waals surface area contributed by atoms with E-state index in [0.717, 1.165) is 18.9 Å². The Morgan fingerprint density at radius 3 is 2.84 bits per heavy atom. The van der Waals surface area contributed by atoms with E-state index in [-0.39, 0.29) is 12.5 Å². The molecular formula is C17H17N5O3. The predicted octanol–water partition coefficient (Wildman–Crippen LogP) is 1.38. The minimum Gasteiger partial charge on any atom is -0.437 e. The summed E-state index contributed by atoms with van der Waals surface area (Å²) in [6, 6.07) is 7.18. The average Bonchev–Trinajstić information content (AvgIpc) is 3.10. The number of carbonyl (C=O) groups is 1. The second-order valence-electron chi connectivity index (χ2n) is 5.62. The first-order valence-electron chi connectivity index (χ1n) is 8.07. The molecule has 1 fully saturated rings. The van der Waals surface area contributed by atoms with Gasteiger partial charge in [-0.05, 0) is 24.3 Å². The molecule has 0 spiro atoms. The highest BCUT2D eigenvalue weighted by molar-refractivity contribution is 5.94. The molecule has 1 amide bonds. The Kier molecular flexibility index (Phi) is 4.26. The molecule has 1 N–H and O–H groups in total. The molecule has 8 nitrogen and oxygen atoms in total. The second kappa shape index (κ2) is 6.86. The van der Waals surface area contributed by atoms with Crippen LogP contribution in [-0.2, 0) is 11.3 Å². The molecule has 0 unspecified atom stereocenters. The number of nitrogens with zero attached hydrogens (tertiary/aromatic N) is 4. The van der Waals surface area contributed by atoms with Crippen molar-refractivity contribution in [1.29, 1.82) is 0 Å². The summed E-state index contributed by atoms with van der Waals surface area (Å²) in [4.78, 5) is 27.1. The largest absolute Gasteiger partial charge is 0.437 e. The van der Waals surface area contributed by atoms with Gasteiger partial charge in [0.25, 0.3) is 5.91 Å². The summed E-state index contributed by atoms with van der Waals surface area (Å²) in [6.07, 6.45) is 3.22. The molecule has 0 atom stereocenters. The Morgan fingerprint density at radius 2 is 2.08 bits per heavy atom. The zero-order valence-electron chi connectivity index (χ0n) is 13.5. The van der Waals surface area contributed by atoms with Crippen LogP contribution in [0.1, 0.15) is 16.2 Å². The molecule has 1 aliphatic rings. The fraction of sp³-hybridized carbons (Fsp3) is 0.294. The SMILES string of the molecule is O=C(NCc1nc2ncccc2o1)c1ccc(N2CCOCC2)nc1. The van der Waals surface area contributed by atoms with Crippen molar-refractivity contribution in [3.05, 3.63) is 48.1 Å². The topological polar surface area (TPSA) is 93.4 Å². The van der Waals surface area contributed by atoms with Gasteiger partial charge in [0, 0.05) is 25.5 Å². The Balaban J connectivity index is 1.38. The number of hydrogen-bond acceptors (Lipinski definition) is 7. The summed E-state index contributed by atoms with van der Waals surface area (Å²) < 4.78 is 10.9. The lowest BCUT2D eigenvalue weighted by atomic mass is 10.2. The molecule has 128 valence electrons. The van der Waals surface area contributed by atoms with Gasteiger partial charge in [-0.15, -0.1) is 0 Å². The van der Waals surface area contributed by atoms with Crippen molar-refractivity contribution in [3.8, 4) is 0 Å². The molecule has 3 aromatic rings. The standard InChI is InChI=1S/C17H17N5O3/c23-17(20-11-15-21-16-13(25-15)2-1-5-18-16)12-3-4-14(19-10-12)22-6-8-24-9-7-22/h1-5,10H,6-9,11H2,(H,20,23). The molecule has 3 aromatic heterocycles. The number of carbonyl (C=O) groups excluding carboxylic acids is 1. The molecule has 0 radical (unpaired) electrons. The number of rotatable bonds is 4. The van der Waals surface area contributed by atoms with Gasteiger partial charge in [-0.1, -0.05) is 0 Å². The van der Waals surface area contributed by atoms with E-state index < -0.39 is 0 Å². The van der Waals surface area contributed by atoms with Crippen molar-refractivity contribution in [2.75, 3.05) is 31.2 Å². The van der Waals surface area contributed by atoms with E-state index >= 15 is 0 Å². The fourth-order valence-electron chi connectivity index (χ4n) is 2.65. The third kappa shape index (κ3) is 3.43. The van der Waals surface area contributed by atoms with Crippen LogP contribution in [-0.4, -0.2) is 47.2 Å². The highest BCUT2D eigenvalue weighted by Crippen LogP contribution is 2.14. The first-order chi connectivity index (χ1) is 12.3. The van der Waals surface area contributed by atoms with Crippen molar-refractivity contribution >= 4 is 23.0 Å². The van der Waals surface area contributed by atoms with Gasteiger partial charge >= 0.3 is 0 Å². The van der Waals surface area contributed by atoms with Gasteiger partial charge in [0.15, 0.2) is 11.2 Å². The van der Waals surface area contributed by atoms with E-state index in [9.17, 15) is 4.79 Å². The smallest absolute Gasteiger partial charge is 0.253 e. The molecule has 1 saturated heterocycles. The van der Waals surface area contributed by atoms with E-state index in [4.69, 9.17) is 9.15 Å². The Labute approximate surface area is 143 Å². The lowest BCUT2D eigenvalue weighted by Gasteiger charge is -2.27. The minimum atomic E-state index is -0.226. The van der Waals surface area contributed by atoms with Crippen LogP contribution in [0, 0.1) is 0 Å². The molecule has 4 heterocycles. The van der Waals surface area contributed by atoms with Crippen LogP contribution in [0.2, 0.25) is 0 Å². The normalized spacial score (nSPS) is 14.6. The van der Waals surface area contributed by atoms with Crippen molar-refractivity contribution in [2.24, 2.45) is 0 Å². The lowest BCUT2D eigenvalue weighted by Crippen LogP contribution is -2.36. The Morgan fingerprint density at radius 1 is 1.20 bits per heavy atom. The average molecular weight is 339 g/mol. The van der Waals surface area contributed by atoms with Gasteiger partial charge in [-0.25, -0.2) is 9.97 Å². The first kappa shape index (κ1) is 15.5. The zero-order chi connectivity index (χ0) is 17.1. The number of fused-ring (bicyclic) bond motifs is 1. The molecule has 25 heavy (non-hydrogen) atoms. The summed E-state index contributed by atoms with van der Waals surface area (Å²) in [5, 5.41) is 2.78. The molecule has 8 heteroatoms. The van der Waals surface area contributed by atoms with Crippen molar-refractivity contribution in [1.82, 2.24) is 20.3 Å². The highest BCUT2D eigenvalue weighted by atomic mass is 16.5. The van der Waals surface area contributed by atoms with Crippen molar-refractivity contribution in [3.63, 3.8) is 0 Å². The number of amides is 1. The number of morpholine rings is 1. The molecule has 0 aromatic carbocycles. The summed E-state index contributed by atoms with van der Waals surface area (Å²) in [5.41, 5.74) is 1.62. The van der Waals surface area contributed by atoms with Crippen LogP contribution in [0.4, 0.5) is 5.82 Å². The van der Waals surface area contributed by atoms with Crippen LogP contribution < -0.4 is 10.2 Å². The molecule has 0 saturated carbocycles. The van der Waals surface area contributed by atoms with Gasteiger partial charge in [-0.3, -0.25) is 4.79 Å². The van der Waals surface area contributed by atoms with Crippen molar-refractivity contribution < 1.29 is 13.9 Å². The number of anilines is 1. The van der Waals surface area contributed by atoms with Gasteiger partial charge in [0.05, 0.1) is 25.3 Å². The fourth-order valence-corrected chi connectivity index (χ4v) is 2.65. The van der Waals surface area contributed by atoms with Crippen LogP contribution in [0.3, 0.4) is 0 Å². The van der Waals surface area contributed by atoms with E-state index in [0.29, 0.717) is 35.9 Å². The predicted molar refractivity (Wildman–Crippen MR) is 90.2 cm³/mol. The zero-order valence-corrected chi connectivity index (χ0v) is 13.5. The monoisotopic (exact) mass is 339 g/mol. The molecule has 0 bridgehead atoms. The van der Waals surface area contributed by atoms with E-state index in [1.54, 1.807) is 30.6 Å². The Hall–Kier alpha value is -3.00. The number of ether oxygens (including phenoxy) is 1. The summed E-state index contributed by atoms with van der Waals surface area (Å²) >= 11 is 0. The van der Waals surface area contributed by atoms with Crippen LogP contribution in [0.15, 0.2) is 41.1 Å². The number of aromatic nitrogens is 3. The number of hydrogen-bond donors (Lipinski definition) is 1. The van der Waals surface area contributed by atoms with Crippen LogP contribution in [0.25, 0.3) is 11.2 Å². The maximum atomic E-state index is 12.3. The summed E-state index contributed by atoms with van der Waals surface area (Å²) in [5.74, 6) is 1.04. The highest BCUT2D eigenvalue weighted by Gasteiger charge is 2.14. The Bertz CT molecular complexity index is 838. The van der Waals surface area contributed by atoms with E-state index in [1.807, 2.05) is 6.07 Å². The number of nitrogens with one attached hydrogen (secondary N) is 1. The van der Waals surface area contributed by atoms with E-state index in [2.05, 4.69) is 25.2 Å². The maximum absolute atomic E-state index is 12.3. The lowest BCUT2D eigenvalue weighted by molar-refractivity contribution is 0.0947. The van der Waals surface area contributed by atoms with Gasteiger partial charge < -0.3 is 19.4 Å². The molecule has 0 aliphatic carbocycles. The number of oxazole rings is 1. The molecule has 1 aliphatic heterocycles.